The first-order valence-corrected chi connectivity index (χ1v) is 26.4. The molecule has 32 nitrogen and oxygen atoms in total. The fraction of sp³-hybridized carbons (Fsp3) is 0.755. The van der Waals surface area contributed by atoms with Gasteiger partial charge in [-0.3, -0.25) is 9.59 Å². The summed E-state index contributed by atoms with van der Waals surface area (Å²) in [5.41, 5.74) is 22.2. The molecule has 0 saturated heterocycles. The number of aliphatic hydroxyl groups is 4. The molecule has 0 saturated carbocycles. The molecule has 15 N–H and O–H groups in total. The summed E-state index contributed by atoms with van der Waals surface area (Å²) in [5, 5.41) is 63.1. The second-order valence-corrected chi connectivity index (χ2v) is 18.6. The first-order chi connectivity index (χ1) is 38.6. The van der Waals surface area contributed by atoms with Crippen LogP contribution in [0.2, 0.25) is 0 Å². The number of aliphatic hydroxyl groups excluding tert-OH is 4. The Balaban J connectivity index is 2.00. The van der Waals surface area contributed by atoms with Gasteiger partial charge in [-0.25, -0.2) is 29.2 Å². The van der Waals surface area contributed by atoms with E-state index < -0.39 is 121 Å². The van der Waals surface area contributed by atoms with Gasteiger partial charge in [0.25, 0.3) is 0 Å². The van der Waals surface area contributed by atoms with Gasteiger partial charge >= 0.3 is 24.1 Å². The number of carbonyl (C=O) groups is 6. The molecule has 2 aliphatic rings. The number of likely N-dealkylation sites (N-methyl/N-ethyl adjacent to an activating group) is 1. The summed E-state index contributed by atoms with van der Waals surface area (Å²) in [4.78, 5) is 88.0. The Morgan fingerprint density at radius 3 is 1.52 bits per heavy atom. The summed E-state index contributed by atoms with van der Waals surface area (Å²) in [6.45, 7) is 6.64. The van der Waals surface area contributed by atoms with Crippen LogP contribution in [0.3, 0.4) is 0 Å². The fourth-order valence-corrected chi connectivity index (χ4v) is 7.87. The van der Waals surface area contributed by atoms with Gasteiger partial charge in [0.1, 0.15) is 18.3 Å². The molecule has 0 aromatic heterocycles. The molecule has 0 aromatic carbocycles. The number of hydrogen-bond donors (Lipinski definition) is 11. The number of nitrogens with one attached hydrogen (secondary N) is 1. The van der Waals surface area contributed by atoms with Gasteiger partial charge in [0.05, 0.1) is 110 Å². The number of carbonyl (C=O) groups excluding carboxylic acids is 4. The lowest BCUT2D eigenvalue weighted by Gasteiger charge is -2.40. The van der Waals surface area contributed by atoms with Crippen LogP contribution in [-0.4, -0.2) is 281 Å². The maximum absolute atomic E-state index is 13.5. The highest BCUT2D eigenvalue weighted by atomic mass is 16.6. The Kier molecular flexibility index (Phi) is 34.2. The van der Waals surface area contributed by atoms with Crippen molar-refractivity contribution in [1.82, 2.24) is 20.0 Å². The summed E-state index contributed by atoms with van der Waals surface area (Å²) >= 11 is 0. The minimum absolute atomic E-state index is 0.00285. The molecule has 81 heavy (non-hydrogen) atoms. The van der Waals surface area contributed by atoms with Crippen LogP contribution in [0.1, 0.15) is 46.5 Å². The van der Waals surface area contributed by atoms with Crippen LogP contribution < -0.4 is 28.3 Å². The van der Waals surface area contributed by atoms with Crippen molar-refractivity contribution in [2.75, 3.05) is 133 Å². The van der Waals surface area contributed by atoms with Crippen LogP contribution in [0.15, 0.2) is 33.7 Å². The number of aliphatic imine (C=N–C) groups is 2. The lowest BCUT2D eigenvalue weighted by atomic mass is 9.87. The second-order valence-electron chi connectivity index (χ2n) is 18.6. The quantitative estimate of drug-likeness (QED) is 0.0159. The first-order valence-electron chi connectivity index (χ1n) is 26.4. The van der Waals surface area contributed by atoms with E-state index in [1.54, 1.807) is 11.8 Å². The van der Waals surface area contributed by atoms with Gasteiger partial charge in [-0.1, -0.05) is 13.8 Å². The Labute approximate surface area is 470 Å². The largest absolute Gasteiger partial charge is 0.479 e. The average molecular weight is 1170 g/mol. The molecule has 32 heteroatoms. The molecule has 0 aliphatic carbocycles. The maximum atomic E-state index is 13.5. The smallest absolute Gasteiger partial charge is 0.410 e. The molecule has 10 atom stereocenters. The molecule has 464 valence electrons. The molecule has 0 unspecified atom stereocenters. The standard InChI is InChI=1S/C49H86N10O22/c1-6-14-72-18-22-76-24-25-77-23-19-73-15-9-38(65)59(11-8-7-10-57(4)48(70)81-42(35(64)29-61)43-39(54-31(3)62)33(56-47(52)53)27-37(79-43)45(68)69)13-17-75-21-20-74-16-12-58(5)49(71)80-41(34(63)28-60)40-30(2)32(55-46(50)51)26-36(78-40)44(66)67/h26-27,30,32-35,39-43,60-61,63-64H,6-25,28-29H2,1-5H3,(H,54,62)(H,66,67)(H,68,69)(H4,50,51,55)(H4,52,53,56)/t30-,32+,33+,34-,35-,39-,40-,41-,42-,43-/m1/s1. The van der Waals surface area contributed by atoms with E-state index in [1.807, 2.05) is 6.92 Å². The van der Waals surface area contributed by atoms with Crippen molar-refractivity contribution in [2.45, 2.75) is 101 Å². The van der Waals surface area contributed by atoms with Gasteiger partial charge in [-0.2, -0.15) is 0 Å². The van der Waals surface area contributed by atoms with Crippen molar-refractivity contribution in [3.8, 4) is 0 Å². The number of aliphatic carboxylic acids is 2. The van der Waals surface area contributed by atoms with E-state index in [-0.39, 0.29) is 90.7 Å². The van der Waals surface area contributed by atoms with Gasteiger partial charge in [-0.05, 0) is 31.4 Å². The van der Waals surface area contributed by atoms with Gasteiger partial charge in [0.2, 0.25) is 23.3 Å². The third kappa shape index (κ3) is 26.9. The monoisotopic (exact) mass is 1170 g/mol. The summed E-state index contributed by atoms with van der Waals surface area (Å²) in [6.07, 6.45) is -7.77. The van der Waals surface area contributed by atoms with E-state index in [0.717, 1.165) is 29.2 Å². The Bertz CT molecular complexity index is 2050. The molecule has 0 aromatic rings. The minimum atomic E-state index is -1.83. The Hall–Kier alpha value is -6.36. The van der Waals surface area contributed by atoms with E-state index >= 15 is 0 Å². The number of ether oxygens (including phenoxy) is 10. The lowest BCUT2D eigenvalue weighted by molar-refractivity contribution is -0.148. The van der Waals surface area contributed by atoms with E-state index in [1.165, 1.54) is 20.2 Å². The molecule has 0 fully saturated rings. The molecule has 4 amide bonds. The molecule has 0 bridgehead atoms. The van der Waals surface area contributed by atoms with Crippen LogP contribution in [0.25, 0.3) is 0 Å². The first kappa shape index (κ1) is 70.7. The van der Waals surface area contributed by atoms with E-state index in [9.17, 15) is 59.4 Å². The number of carboxylic acid groups (broad SMARTS) is 2. The maximum Gasteiger partial charge on any atom is 0.410 e. The highest BCUT2D eigenvalue weighted by Gasteiger charge is 2.47. The summed E-state index contributed by atoms with van der Waals surface area (Å²) < 4.78 is 55.7. The highest BCUT2D eigenvalue weighted by Crippen LogP contribution is 2.31. The molecular weight excluding hydrogens is 1080 g/mol. The minimum Gasteiger partial charge on any atom is -0.479 e. The van der Waals surface area contributed by atoms with Crippen molar-refractivity contribution in [3.63, 3.8) is 0 Å². The van der Waals surface area contributed by atoms with Crippen LogP contribution in [0.4, 0.5) is 9.59 Å². The molecule has 0 spiro atoms. The Morgan fingerprint density at radius 2 is 1.04 bits per heavy atom. The number of unbranched alkanes of at least 4 members (excludes halogenated alkanes) is 1. The number of hydrogen-bond acceptors (Lipinski definition) is 22. The number of rotatable bonds is 41. The predicted octanol–water partition coefficient (Wildman–Crippen LogP) is -3.77. The third-order valence-electron chi connectivity index (χ3n) is 12.1. The number of guanidine groups is 2. The number of nitrogens with two attached hydrogens (primary N) is 4. The lowest BCUT2D eigenvalue weighted by Crippen LogP contribution is -2.61. The van der Waals surface area contributed by atoms with Crippen LogP contribution in [0, 0.1) is 5.92 Å². The molecule has 2 rings (SSSR count). The normalized spacial score (nSPS) is 20.1. The van der Waals surface area contributed by atoms with E-state index in [2.05, 4.69) is 15.3 Å². The number of amides is 4. The van der Waals surface area contributed by atoms with Crippen molar-refractivity contribution in [1.29, 1.82) is 0 Å². The van der Waals surface area contributed by atoms with Crippen LogP contribution in [0.5, 0.6) is 0 Å². The van der Waals surface area contributed by atoms with Gasteiger partial charge < -0.3 is 121 Å². The number of nitrogens with zero attached hydrogens (tertiary/aromatic N) is 5. The van der Waals surface area contributed by atoms with Crippen molar-refractivity contribution >= 4 is 47.9 Å². The summed E-state index contributed by atoms with van der Waals surface area (Å²) in [7, 11) is 2.78. The van der Waals surface area contributed by atoms with Gasteiger partial charge in [0, 0.05) is 59.7 Å². The zero-order valence-electron chi connectivity index (χ0n) is 46.7. The fourth-order valence-electron chi connectivity index (χ4n) is 7.87. The second kappa shape index (κ2) is 39.1. The van der Waals surface area contributed by atoms with Crippen LogP contribution in [-0.2, 0) is 66.5 Å². The third-order valence-corrected chi connectivity index (χ3v) is 12.1. The predicted molar refractivity (Wildman–Crippen MR) is 285 cm³/mol. The van der Waals surface area contributed by atoms with E-state index in [0.29, 0.717) is 45.9 Å². The molecule has 2 heterocycles. The van der Waals surface area contributed by atoms with Crippen molar-refractivity contribution in [3.05, 3.63) is 23.7 Å². The molecule has 0 radical (unpaired) electrons. The molecule has 2 aliphatic heterocycles. The van der Waals surface area contributed by atoms with Crippen LogP contribution >= 0.6 is 0 Å². The zero-order chi connectivity index (χ0) is 60.4. The number of carboxylic acids is 2. The highest BCUT2D eigenvalue weighted by molar-refractivity contribution is 5.86. The van der Waals surface area contributed by atoms with E-state index in [4.69, 9.17) is 70.3 Å². The molecular formula is C49H86N10O22. The van der Waals surface area contributed by atoms with Gasteiger partial charge in [0.15, 0.2) is 30.2 Å². The van der Waals surface area contributed by atoms with Crippen molar-refractivity contribution < 1.29 is 107 Å². The van der Waals surface area contributed by atoms with Gasteiger partial charge in [-0.15, -0.1) is 0 Å². The summed E-state index contributed by atoms with van der Waals surface area (Å²) in [6, 6.07) is -3.44. The summed E-state index contributed by atoms with van der Waals surface area (Å²) in [5.74, 6) is -6.64. The SMILES string of the molecule is CCCOCCOCCOCCOCCC(=O)N(CCCCN(C)C(=O)O[C@@H]([C@@H]1OC(C(=O)O)=C[C@H](N=C(N)N)[C@H]1NC(C)=O)[C@H](O)CO)CCOCCOCCN(C)C(=O)O[C@@H]([C@@H]1OC(C(=O)O)=C[C@H](N=C(N)N)[C@H]1C)[C@H](O)CO. The Morgan fingerprint density at radius 1 is 0.617 bits per heavy atom. The zero-order valence-corrected chi connectivity index (χ0v) is 46.7. The van der Waals surface area contributed by atoms with Crippen molar-refractivity contribution in [2.24, 2.45) is 38.8 Å². The average Bonchev–Trinajstić information content (AvgIpc) is 3.54. The topological polar surface area (TPSA) is 467 Å².